The number of carbonyl (C=O) groups is 2. The molecule has 0 aliphatic heterocycles. The van der Waals surface area contributed by atoms with E-state index in [2.05, 4.69) is 5.32 Å². The zero-order valence-corrected chi connectivity index (χ0v) is 12.2. The Morgan fingerprint density at radius 2 is 1.55 bits per heavy atom. The highest BCUT2D eigenvalue weighted by Gasteiger charge is 2.17. The summed E-state index contributed by atoms with van der Waals surface area (Å²) in [5.74, 6) is -1.22. The molecule has 2 rings (SSSR count). The Morgan fingerprint density at radius 1 is 1.05 bits per heavy atom. The molecular formula is C17H17FN2O2. The highest BCUT2D eigenvalue weighted by molar-refractivity contribution is 5.94. The smallest absolute Gasteiger partial charge is 0.251 e. The molecule has 3 N–H and O–H groups in total. The number of nitrogens with two attached hydrogens (primary N) is 1. The Hall–Kier alpha value is -2.69. The van der Waals surface area contributed by atoms with E-state index in [0.29, 0.717) is 5.56 Å². The van der Waals surface area contributed by atoms with Crippen molar-refractivity contribution in [2.24, 2.45) is 5.73 Å². The fourth-order valence-electron chi connectivity index (χ4n) is 2.34. The molecule has 0 aliphatic carbocycles. The molecule has 4 nitrogen and oxygen atoms in total. The van der Waals surface area contributed by atoms with Crippen molar-refractivity contribution >= 4 is 11.8 Å². The molecule has 22 heavy (non-hydrogen) atoms. The number of hydrogen-bond donors (Lipinski definition) is 2. The molecule has 0 saturated carbocycles. The normalized spacial score (nSPS) is 11.7. The molecule has 2 aromatic rings. The van der Waals surface area contributed by atoms with Crippen LogP contribution in [0.1, 0.15) is 33.8 Å². The van der Waals surface area contributed by atoms with E-state index in [-0.39, 0.29) is 24.1 Å². The predicted octanol–water partition coefficient (Wildman–Crippen LogP) is 2.19. The summed E-state index contributed by atoms with van der Waals surface area (Å²) in [6.45, 7) is 0. The lowest BCUT2D eigenvalue weighted by atomic mass is 9.88. The number of nitrogens with one attached hydrogen (secondary N) is 1. The van der Waals surface area contributed by atoms with Gasteiger partial charge in [0.05, 0.1) is 0 Å². The molecule has 114 valence electrons. The van der Waals surface area contributed by atoms with Gasteiger partial charge in [-0.25, -0.2) is 4.39 Å². The summed E-state index contributed by atoms with van der Waals surface area (Å²) in [6.07, 6.45) is 0.116. The molecule has 0 bridgehead atoms. The van der Waals surface area contributed by atoms with Crippen molar-refractivity contribution in [3.05, 3.63) is 71.0 Å². The van der Waals surface area contributed by atoms with Crippen LogP contribution in [-0.2, 0) is 4.79 Å². The first kappa shape index (κ1) is 15.7. The molecule has 0 fully saturated rings. The van der Waals surface area contributed by atoms with Crippen LogP contribution in [0.5, 0.6) is 0 Å². The van der Waals surface area contributed by atoms with Crippen LogP contribution in [0.15, 0.2) is 48.5 Å². The van der Waals surface area contributed by atoms with Crippen molar-refractivity contribution in [2.45, 2.75) is 12.3 Å². The van der Waals surface area contributed by atoms with Crippen molar-refractivity contribution in [2.75, 3.05) is 7.05 Å². The summed E-state index contributed by atoms with van der Waals surface area (Å²) in [4.78, 5) is 22.9. The fourth-order valence-corrected chi connectivity index (χ4v) is 2.34. The molecule has 0 spiro atoms. The van der Waals surface area contributed by atoms with E-state index in [0.717, 1.165) is 11.1 Å². The number of rotatable bonds is 5. The lowest BCUT2D eigenvalue weighted by Crippen LogP contribution is -2.18. The minimum atomic E-state index is -0.440. The molecule has 0 radical (unpaired) electrons. The van der Waals surface area contributed by atoms with E-state index >= 15 is 0 Å². The zero-order valence-electron chi connectivity index (χ0n) is 12.2. The Balaban J connectivity index is 2.34. The molecule has 0 saturated heterocycles. The molecule has 1 atom stereocenters. The standard InChI is InChI=1S/C17H17FN2O2/c1-20-17(22)13-4-2-11(3-5-13)15(10-16(19)21)12-6-8-14(18)9-7-12/h2-9,15H,10H2,1H3,(H2,19,21)(H,20,22). The van der Waals surface area contributed by atoms with Crippen LogP contribution in [0, 0.1) is 5.82 Å². The van der Waals surface area contributed by atoms with Crippen molar-refractivity contribution < 1.29 is 14.0 Å². The van der Waals surface area contributed by atoms with Gasteiger partial charge in [0.2, 0.25) is 5.91 Å². The third kappa shape index (κ3) is 3.69. The summed E-state index contributed by atoms with van der Waals surface area (Å²) in [7, 11) is 1.56. The largest absolute Gasteiger partial charge is 0.370 e. The van der Waals surface area contributed by atoms with Gasteiger partial charge in [0, 0.05) is 24.9 Å². The van der Waals surface area contributed by atoms with Crippen molar-refractivity contribution in [1.29, 1.82) is 0 Å². The van der Waals surface area contributed by atoms with Crippen LogP contribution in [-0.4, -0.2) is 18.9 Å². The van der Waals surface area contributed by atoms with Gasteiger partial charge in [-0.3, -0.25) is 9.59 Å². The van der Waals surface area contributed by atoms with Crippen LogP contribution in [0.2, 0.25) is 0 Å². The van der Waals surface area contributed by atoms with Crippen LogP contribution < -0.4 is 11.1 Å². The van der Waals surface area contributed by atoms with Gasteiger partial charge >= 0.3 is 0 Å². The number of hydrogen-bond acceptors (Lipinski definition) is 2. The van der Waals surface area contributed by atoms with E-state index in [1.54, 1.807) is 43.4 Å². The van der Waals surface area contributed by atoms with E-state index in [4.69, 9.17) is 5.73 Å². The quantitative estimate of drug-likeness (QED) is 0.888. The Bertz CT molecular complexity index is 666. The van der Waals surface area contributed by atoms with Crippen molar-refractivity contribution in [3.63, 3.8) is 0 Å². The third-order valence-electron chi connectivity index (χ3n) is 3.48. The van der Waals surface area contributed by atoms with Crippen molar-refractivity contribution in [1.82, 2.24) is 5.32 Å². The lowest BCUT2D eigenvalue weighted by molar-refractivity contribution is -0.118. The number of primary amides is 1. The minimum absolute atomic E-state index is 0.116. The summed E-state index contributed by atoms with van der Waals surface area (Å²) in [6, 6.07) is 12.9. The van der Waals surface area contributed by atoms with E-state index in [1.165, 1.54) is 12.1 Å². The first-order chi connectivity index (χ1) is 10.5. The predicted molar refractivity (Wildman–Crippen MR) is 81.9 cm³/mol. The van der Waals surface area contributed by atoms with Gasteiger partial charge in [-0.1, -0.05) is 24.3 Å². The molecular weight excluding hydrogens is 283 g/mol. The van der Waals surface area contributed by atoms with Gasteiger partial charge in [-0.2, -0.15) is 0 Å². The van der Waals surface area contributed by atoms with Gasteiger partial charge in [0.1, 0.15) is 5.82 Å². The maximum Gasteiger partial charge on any atom is 0.251 e. The fraction of sp³-hybridized carbons (Fsp3) is 0.176. The van der Waals surface area contributed by atoms with Gasteiger partial charge in [-0.05, 0) is 35.4 Å². The highest BCUT2D eigenvalue weighted by Crippen LogP contribution is 2.28. The number of carbonyl (C=O) groups excluding carboxylic acids is 2. The monoisotopic (exact) mass is 300 g/mol. The topological polar surface area (TPSA) is 72.2 Å². The number of halogens is 1. The first-order valence-corrected chi connectivity index (χ1v) is 6.87. The van der Waals surface area contributed by atoms with E-state index in [1.807, 2.05) is 0 Å². The van der Waals surface area contributed by atoms with E-state index in [9.17, 15) is 14.0 Å². The molecule has 5 heteroatoms. The van der Waals surface area contributed by atoms with Crippen LogP contribution in [0.4, 0.5) is 4.39 Å². The number of benzene rings is 2. The van der Waals surface area contributed by atoms with Crippen LogP contribution in [0.25, 0.3) is 0 Å². The second-order valence-corrected chi connectivity index (χ2v) is 4.98. The van der Waals surface area contributed by atoms with Gasteiger partial charge in [0.15, 0.2) is 0 Å². The average molecular weight is 300 g/mol. The molecule has 2 aromatic carbocycles. The summed E-state index contributed by atoms with van der Waals surface area (Å²) in [5, 5.41) is 2.55. The van der Waals surface area contributed by atoms with Crippen LogP contribution in [0.3, 0.4) is 0 Å². The SMILES string of the molecule is CNC(=O)c1ccc(C(CC(N)=O)c2ccc(F)cc2)cc1. The minimum Gasteiger partial charge on any atom is -0.370 e. The zero-order chi connectivity index (χ0) is 16.1. The number of amides is 2. The third-order valence-corrected chi connectivity index (χ3v) is 3.48. The molecule has 1 unspecified atom stereocenters. The van der Waals surface area contributed by atoms with Gasteiger partial charge in [-0.15, -0.1) is 0 Å². The molecule has 0 aliphatic rings. The van der Waals surface area contributed by atoms with Crippen LogP contribution >= 0.6 is 0 Å². The summed E-state index contributed by atoms with van der Waals surface area (Å²) in [5.41, 5.74) is 7.50. The molecule has 2 amide bonds. The van der Waals surface area contributed by atoms with Gasteiger partial charge in [0.25, 0.3) is 5.91 Å². The lowest BCUT2D eigenvalue weighted by Gasteiger charge is -2.17. The molecule has 0 aromatic heterocycles. The second-order valence-electron chi connectivity index (χ2n) is 4.98. The second kappa shape index (κ2) is 6.85. The maximum atomic E-state index is 13.1. The maximum absolute atomic E-state index is 13.1. The highest BCUT2D eigenvalue weighted by atomic mass is 19.1. The molecule has 0 heterocycles. The Labute approximate surface area is 128 Å². The Kier molecular flexibility index (Phi) is 4.88. The average Bonchev–Trinajstić information content (AvgIpc) is 2.53. The summed E-state index contributed by atoms with van der Waals surface area (Å²) >= 11 is 0. The van der Waals surface area contributed by atoms with E-state index < -0.39 is 5.91 Å². The first-order valence-electron chi connectivity index (χ1n) is 6.87. The summed E-state index contributed by atoms with van der Waals surface area (Å²) < 4.78 is 13.1. The Morgan fingerprint density at radius 3 is 2.00 bits per heavy atom. The van der Waals surface area contributed by atoms with Gasteiger partial charge < -0.3 is 11.1 Å². The van der Waals surface area contributed by atoms with Crippen molar-refractivity contribution in [3.8, 4) is 0 Å².